The van der Waals surface area contributed by atoms with Crippen LogP contribution in [0.25, 0.3) is 6.08 Å². The maximum Gasteiger partial charge on any atom is 0.338 e. The summed E-state index contributed by atoms with van der Waals surface area (Å²) in [7, 11) is 4.64. The molecular formula is C29H31BrN2O7S. The fourth-order valence-corrected chi connectivity index (χ4v) is 6.03. The van der Waals surface area contributed by atoms with E-state index < -0.39 is 12.0 Å². The molecule has 212 valence electrons. The topological polar surface area (TPSA) is 97.6 Å². The molecule has 0 amide bonds. The predicted molar refractivity (Wildman–Crippen MR) is 156 cm³/mol. The molecule has 0 bridgehead atoms. The van der Waals surface area contributed by atoms with Crippen LogP contribution < -0.4 is 33.8 Å². The molecule has 1 aliphatic rings. The number of halogens is 1. The Morgan fingerprint density at radius 3 is 2.35 bits per heavy atom. The van der Waals surface area contributed by atoms with Crippen LogP contribution in [0.2, 0.25) is 0 Å². The van der Waals surface area contributed by atoms with Crippen molar-refractivity contribution in [2.75, 3.05) is 27.9 Å². The zero-order valence-electron chi connectivity index (χ0n) is 23.4. The van der Waals surface area contributed by atoms with Crippen molar-refractivity contribution in [2.24, 2.45) is 4.99 Å². The number of fused-ring (bicyclic) bond motifs is 1. The number of methoxy groups -OCH3 is 3. The lowest BCUT2D eigenvalue weighted by Gasteiger charge is -2.26. The first-order chi connectivity index (χ1) is 19.1. The van der Waals surface area contributed by atoms with Crippen LogP contribution in [0.4, 0.5) is 0 Å². The number of rotatable bonds is 9. The van der Waals surface area contributed by atoms with Crippen molar-refractivity contribution in [3.63, 3.8) is 0 Å². The number of allylic oxidation sites excluding steroid dienone is 1. The van der Waals surface area contributed by atoms with E-state index in [4.69, 9.17) is 23.7 Å². The fraction of sp³-hybridized carbons (Fsp3) is 0.345. The quantitative estimate of drug-likeness (QED) is 0.324. The van der Waals surface area contributed by atoms with Crippen LogP contribution in [-0.2, 0) is 9.53 Å². The monoisotopic (exact) mass is 630 g/mol. The Balaban J connectivity index is 1.95. The van der Waals surface area contributed by atoms with Crippen LogP contribution in [0.3, 0.4) is 0 Å². The van der Waals surface area contributed by atoms with Gasteiger partial charge in [-0.15, -0.1) is 0 Å². The van der Waals surface area contributed by atoms with Crippen molar-refractivity contribution in [2.45, 2.75) is 39.8 Å². The molecule has 11 heteroatoms. The Morgan fingerprint density at radius 1 is 1.07 bits per heavy atom. The van der Waals surface area contributed by atoms with Gasteiger partial charge >= 0.3 is 5.97 Å². The lowest BCUT2D eigenvalue weighted by atomic mass is 9.95. The highest BCUT2D eigenvalue weighted by molar-refractivity contribution is 9.10. The van der Waals surface area contributed by atoms with Crippen LogP contribution in [-0.4, -0.2) is 44.6 Å². The standard InChI is InChI=1S/C29H31BrN2O7S/c1-8-38-28(34)25-16(4)31-29-32(26(25)18-13-22(36-6)23(37-7)14-19(18)30)27(33)24(40-29)12-17-9-10-20(39-15(2)3)21(11-17)35-5/h9-15,26H,8H2,1-7H3/b24-12-/t26-/m0/s1. The number of nitrogens with zero attached hydrogens (tertiary/aromatic N) is 2. The van der Waals surface area contributed by atoms with E-state index in [9.17, 15) is 9.59 Å². The molecule has 40 heavy (non-hydrogen) atoms. The highest BCUT2D eigenvalue weighted by atomic mass is 79.9. The SMILES string of the molecule is CCOC(=O)C1=C(C)N=c2s/c(=C\c3ccc(OC(C)C)c(OC)c3)c(=O)n2[C@H]1c1cc(OC)c(OC)cc1Br. The van der Waals surface area contributed by atoms with Crippen LogP contribution in [0.5, 0.6) is 23.0 Å². The van der Waals surface area contributed by atoms with Gasteiger partial charge in [0.2, 0.25) is 0 Å². The van der Waals surface area contributed by atoms with Gasteiger partial charge in [0.25, 0.3) is 5.56 Å². The molecule has 0 unspecified atom stereocenters. The molecule has 0 aliphatic carbocycles. The van der Waals surface area contributed by atoms with Crippen LogP contribution >= 0.6 is 27.3 Å². The van der Waals surface area contributed by atoms with Crippen molar-refractivity contribution in [1.82, 2.24) is 4.57 Å². The van der Waals surface area contributed by atoms with Gasteiger partial charge in [0, 0.05) is 4.47 Å². The Kier molecular flexibility index (Phi) is 9.05. The van der Waals surface area contributed by atoms with E-state index in [-0.39, 0.29) is 23.8 Å². The fourth-order valence-electron chi connectivity index (χ4n) is 4.44. The summed E-state index contributed by atoms with van der Waals surface area (Å²) in [6, 6.07) is 8.16. The summed E-state index contributed by atoms with van der Waals surface area (Å²) in [6.45, 7) is 7.53. The molecule has 3 aromatic rings. The van der Waals surface area contributed by atoms with Gasteiger partial charge in [0.05, 0.1) is 55.9 Å². The third-order valence-electron chi connectivity index (χ3n) is 6.16. The van der Waals surface area contributed by atoms with Crippen LogP contribution in [0.1, 0.15) is 44.9 Å². The van der Waals surface area contributed by atoms with Crippen molar-refractivity contribution in [1.29, 1.82) is 0 Å². The molecule has 1 aliphatic heterocycles. The number of benzene rings is 2. The number of hydrogen-bond donors (Lipinski definition) is 0. The van der Waals surface area contributed by atoms with Crippen molar-refractivity contribution >= 4 is 39.3 Å². The molecule has 2 heterocycles. The zero-order chi connectivity index (χ0) is 29.1. The Bertz CT molecular complexity index is 1660. The molecule has 4 rings (SSSR count). The highest BCUT2D eigenvalue weighted by Crippen LogP contribution is 2.40. The van der Waals surface area contributed by atoms with Crippen LogP contribution in [0.15, 0.2) is 55.9 Å². The maximum absolute atomic E-state index is 14.0. The lowest BCUT2D eigenvalue weighted by molar-refractivity contribution is -0.139. The lowest BCUT2D eigenvalue weighted by Crippen LogP contribution is -2.40. The molecule has 0 radical (unpaired) electrons. The van der Waals surface area contributed by atoms with E-state index in [0.29, 0.717) is 48.1 Å². The summed E-state index contributed by atoms with van der Waals surface area (Å²) in [5, 5.41) is 0. The molecule has 1 atom stereocenters. The molecule has 0 spiro atoms. The summed E-state index contributed by atoms with van der Waals surface area (Å²) in [6.07, 6.45) is 1.76. The highest BCUT2D eigenvalue weighted by Gasteiger charge is 2.35. The minimum Gasteiger partial charge on any atom is -0.493 e. The normalized spacial score (nSPS) is 15.0. The van der Waals surface area contributed by atoms with Crippen molar-refractivity contribution < 1.29 is 28.5 Å². The van der Waals surface area contributed by atoms with E-state index in [0.717, 1.165) is 5.56 Å². The largest absolute Gasteiger partial charge is 0.493 e. The zero-order valence-corrected chi connectivity index (χ0v) is 25.8. The van der Waals surface area contributed by atoms with E-state index >= 15 is 0 Å². The van der Waals surface area contributed by atoms with Gasteiger partial charge in [0.15, 0.2) is 27.8 Å². The Morgan fingerprint density at radius 2 is 1.73 bits per heavy atom. The number of aromatic nitrogens is 1. The summed E-state index contributed by atoms with van der Waals surface area (Å²) < 4.78 is 30.3. The average molecular weight is 632 g/mol. The molecule has 0 fully saturated rings. The van der Waals surface area contributed by atoms with Gasteiger partial charge in [0.1, 0.15) is 0 Å². The van der Waals surface area contributed by atoms with E-state index in [1.807, 2.05) is 32.0 Å². The average Bonchev–Trinajstić information content (AvgIpc) is 3.22. The molecular weight excluding hydrogens is 600 g/mol. The third-order valence-corrected chi connectivity index (χ3v) is 7.83. The maximum atomic E-state index is 14.0. The Hall–Kier alpha value is -3.57. The first kappa shape index (κ1) is 29.4. The van der Waals surface area contributed by atoms with E-state index in [2.05, 4.69) is 20.9 Å². The molecule has 0 saturated carbocycles. The predicted octanol–water partition coefficient (Wildman–Crippen LogP) is 4.37. The number of hydrogen-bond acceptors (Lipinski definition) is 9. The second-order valence-corrected chi connectivity index (χ2v) is 11.0. The second-order valence-electron chi connectivity index (χ2n) is 9.11. The minimum absolute atomic E-state index is 0.0174. The molecule has 1 aromatic heterocycles. The van der Waals surface area contributed by atoms with Crippen molar-refractivity contribution in [3.8, 4) is 23.0 Å². The van der Waals surface area contributed by atoms with Gasteiger partial charge in [-0.05, 0) is 69.2 Å². The van der Waals surface area contributed by atoms with E-state index in [1.54, 1.807) is 39.2 Å². The van der Waals surface area contributed by atoms with Crippen molar-refractivity contribution in [3.05, 3.63) is 76.9 Å². The molecule has 2 aromatic carbocycles. The van der Waals surface area contributed by atoms with Crippen LogP contribution in [0, 0.1) is 0 Å². The molecule has 0 saturated heterocycles. The number of carbonyl (C=O) groups is 1. The number of esters is 1. The van der Waals surface area contributed by atoms with Gasteiger partial charge in [-0.3, -0.25) is 9.36 Å². The number of thiazole rings is 1. The summed E-state index contributed by atoms with van der Waals surface area (Å²) in [5.41, 5.74) is 1.81. The summed E-state index contributed by atoms with van der Waals surface area (Å²) >= 11 is 4.85. The molecule has 9 nitrogen and oxygen atoms in total. The number of ether oxygens (including phenoxy) is 5. The van der Waals surface area contributed by atoms with Gasteiger partial charge in [-0.1, -0.05) is 33.3 Å². The van der Waals surface area contributed by atoms with Gasteiger partial charge in [-0.25, -0.2) is 9.79 Å². The first-order valence-electron chi connectivity index (χ1n) is 12.6. The third kappa shape index (κ3) is 5.66. The Labute approximate surface area is 244 Å². The second kappa shape index (κ2) is 12.3. The van der Waals surface area contributed by atoms with E-state index in [1.165, 1.54) is 30.1 Å². The first-order valence-corrected chi connectivity index (χ1v) is 14.2. The number of carbonyl (C=O) groups excluding carboxylic acids is 1. The molecule has 0 N–H and O–H groups in total. The summed E-state index contributed by atoms with van der Waals surface area (Å²) in [5.74, 6) is 1.58. The van der Waals surface area contributed by atoms with Gasteiger partial charge in [-0.2, -0.15) is 0 Å². The minimum atomic E-state index is -0.817. The van der Waals surface area contributed by atoms with Gasteiger partial charge < -0.3 is 23.7 Å². The summed E-state index contributed by atoms with van der Waals surface area (Å²) in [4.78, 5) is 32.3. The smallest absolute Gasteiger partial charge is 0.338 e.